The summed E-state index contributed by atoms with van der Waals surface area (Å²) in [5.74, 6) is 0.834. The zero-order valence-corrected chi connectivity index (χ0v) is 11.6. The molecule has 0 spiro atoms. The van der Waals surface area contributed by atoms with Crippen molar-refractivity contribution in [1.29, 1.82) is 0 Å². The number of pyridine rings is 1. The molecule has 0 N–H and O–H groups in total. The number of rotatable bonds is 4. The molecule has 0 atom stereocenters. The number of aryl methyl sites for hydroxylation is 1. The molecule has 0 saturated heterocycles. The van der Waals surface area contributed by atoms with Gasteiger partial charge in [-0.25, -0.2) is 0 Å². The highest BCUT2D eigenvalue weighted by atomic mass is 16.5. The van der Waals surface area contributed by atoms with E-state index < -0.39 is 0 Å². The van der Waals surface area contributed by atoms with Gasteiger partial charge in [0.2, 0.25) is 0 Å². The summed E-state index contributed by atoms with van der Waals surface area (Å²) in [6.45, 7) is 6.26. The number of aromatic nitrogens is 1. The molecular weight excluding hydrogens is 238 g/mol. The lowest BCUT2D eigenvalue weighted by Gasteiger charge is -2.13. The standard InChI is InChI=1S/C16H19NO2/c1-12-11-17(18)14(3)13(2)16(12)19-10-9-15-7-5-4-6-8-15/h4-8,11H,9-10H2,1-3H3. The minimum absolute atomic E-state index is 0.619. The molecule has 2 aromatic rings. The van der Waals surface area contributed by atoms with E-state index in [0.717, 1.165) is 28.0 Å². The Morgan fingerprint density at radius 1 is 1.11 bits per heavy atom. The van der Waals surface area contributed by atoms with Crippen molar-refractivity contribution in [1.82, 2.24) is 0 Å². The molecule has 1 aromatic carbocycles. The zero-order valence-electron chi connectivity index (χ0n) is 11.6. The van der Waals surface area contributed by atoms with Crippen LogP contribution in [0.1, 0.15) is 22.4 Å². The number of hydrogen-bond acceptors (Lipinski definition) is 2. The maximum absolute atomic E-state index is 11.6. The van der Waals surface area contributed by atoms with Gasteiger partial charge in [-0.2, -0.15) is 4.73 Å². The van der Waals surface area contributed by atoms with Crippen LogP contribution in [0.15, 0.2) is 36.5 Å². The molecule has 1 aromatic heterocycles. The summed E-state index contributed by atoms with van der Waals surface area (Å²) in [4.78, 5) is 0. The Labute approximate surface area is 114 Å². The van der Waals surface area contributed by atoms with E-state index in [4.69, 9.17) is 4.74 Å². The molecular formula is C16H19NO2. The van der Waals surface area contributed by atoms with E-state index in [0.29, 0.717) is 12.3 Å². The maximum atomic E-state index is 11.6. The minimum atomic E-state index is 0.619. The zero-order chi connectivity index (χ0) is 13.8. The second-order valence-corrected chi connectivity index (χ2v) is 4.76. The molecule has 0 bridgehead atoms. The Morgan fingerprint density at radius 2 is 1.79 bits per heavy atom. The molecule has 0 saturated carbocycles. The third-order valence-electron chi connectivity index (χ3n) is 3.36. The normalized spacial score (nSPS) is 10.5. The average Bonchev–Trinajstić information content (AvgIpc) is 2.41. The molecule has 100 valence electrons. The van der Waals surface area contributed by atoms with Crippen LogP contribution in [-0.4, -0.2) is 6.61 Å². The summed E-state index contributed by atoms with van der Waals surface area (Å²) in [6, 6.07) is 10.2. The molecule has 3 nitrogen and oxygen atoms in total. The Kier molecular flexibility index (Phi) is 4.05. The lowest BCUT2D eigenvalue weighted by Crippen LogP contribution is -2.31. The molecule has 0 radical (unpaired) electrons. The van der Waals surface area contributed by atoms with Gasteiger partial charge in [0.25, 0.3) is 0 Å². The van der Waals surface area contributed by atoms with Crippen molar-refractivity contribution in [3.05, 3.63) is 64.1 Å². The van der Waals surface area contributed by atoms with Gasteiger partial charge in [0.15, 0.2) is 11.9 Å². The predicted molar refractivity (Wildman–Crippen MR) is 75.3 cm³/mol. The van der Waals surface area contributed by atoms with E-state index in [2.05, 4.69) is 12.1 Å². The van der Waals surface area contributed by atoms with Gasteiger partial charge >= 0.3 is 0 Å². The van der Waals surface area contributed by atoms with Gasteiger partial charge < -0.3 is 9.94 Å². The summed E-state index contributed by atoms with van der Waals surface area (Å²) < 4.78 is 6.75. The number of benzene rings is 1. The van der Waals surface area contributed by atoms with Gasteiger partial charge in [-0.1, -0.05) is 30.3 Å². The van der Waals surface area contributed by atoms with Crippen LogP contribution in [-0.2, 0) is 6.42 Å². The van der Waals surface area contributed by atoms with Crippen LogP contribution in [0.2, 0.25) is 0 Å². The van der Waals surface area contributed by atoms with Gasteiger partial charge in [-0.05, 0) is 19.4 Å². The van der Waals surface area contributed by atoms with E-state index in [-0.39, 0.29) is 0 Å². The van der Waals surface area contributed by atoms with E-state index in [1.807, 2.05) is 39.0 Å². The predicted octanol–water partition coefficient (Wildman–Crippen LogP) is 2.87. The number of ether oxygens (including phenoxy) is 1. The Balaban J connectivity index is 2.06. The SMILES string of the molecule is Cc1c[n+]([O-])c(C)c(C)c1OCCc1ccccc1. The second-order valence-electron chi connectivity index (χ2n) is 4.76. The van der Waals surface area contributed by atoms with Crippen molar-refractivity contribution in [3.8, 4) is 5.75 Å². The summed E-state index contributed by atoms with van der Waals surface area (Å²) in [7, 11) is 0. The fourth-order valence-corrected chi connectivity index (χ4v) is 2.09. The highest BCUT2D eigenvalue weighted by Gasteiger charge is 2.14. The van der Waals surface area contributed by atoms with Crippen LogP contribution >= 0.6 is 0 Å². The van der Waals surface area contributed by atoms with Crippen molar-refractivity contribution in [3.63, 3.8) is 0 Å². The van der Waals surface area contributed by atoms with Crippen molar-refractivity contribution in [2.75, 3.05) is 6.61 Å². The van der Waals surface area contributed by atoms with E-state index in [9.17, 15) is 5.21 Å². The van der Waals surface area contributed by atoms with Crippen LogP contribution in [0.25, 0.3) is 0 Å². The molecule has 19 heavy (non-hydrogen) atoms. The van der Waals surface area contributed by atoms with Crippen LogP contribution in [0.3, 0.4) is 0 Å². The lowest BCUT2D eigenvalue weighted by atomic mass is 10.1. The fraction of sp³-hybridized carbons (Fsp3) is 0.312. The third kappa shape index (κ3) is 3.05. The van der Waals surface area contributed by atoms with Gasteiger partial charge in [0, 0.05) is 13.3 Å². The minimum Gasteiger partial charge on any atom is -0.618 e. The van der Waals surface area contributed by atoms with Crippen molar-refractivity contribution >= 4 is 0 Å². The highest BCUT2D eigenvalue weighted by Crippen LogP contribution is 2.23. The summed E-state index contributed by atoms with van der Waals surface area (Å²) in [6.07, 6.45) is 2.44. The second kappa shape index (κ2) is 5.74. The molecule has 3 heteroatoms. The smallest absolute Gasteiger partial charge is 0.196 e. The quantitative estimate of drug-likeness (QED) is 0.623. The largest absolute Gasteiger partial charge is 0.618 e. The molecule has 0 fully saturated rings. The monoisotopic (exact) mass is 257 g/mol. The van der Waals surface area contributed by atoms with Crippen LogP contribution in [0.4, 0.5) is 0 Å². The van der Waals surface area contributed by atoms with Crippen LogP contribution in [0, 0.1) is 26.0 Å². The molecule has 0 unspecified atom stereocenters. The first kappa shape index (κ1) is 13.4. The molecule has 2 rings (SSSR count). The van der Waals surface area contributed by atoms with Crippen molar-refractivity contribution < 1.29 is 9.47 Å². The van der Waals surface area contributed by atoms with Crippen molar-refractivity contribution in [2.45, 2.75) is 27.2 Å². The maximum Gasteiger partial charge on any atom is 0.196 e. The first-order valence-electron chi connectivity index (χ1n) is 6.46. The molecule has 0 aliphatic rings. The topological polar surface area (TPSA) is 36.2 Å². The lowest BCUT2D eigenvalue weighted by molar-refractivity contribution is -0.613. The van der Waals surface area contributed by atoms with Crippen LogP contribution in [0.5, 0.6) is 5.75 Å². The highest BCUT2D eigenvalue weighted by molar-refractivity contribution is 5.38. The van der Waals surface area contributed by atoms with Crippen molar-refractivity contribution in [2.24, 2.45) is 0 Å². The van der Waals surface area contributed by atoms with Gasteiger partial charge in [0.05, 0.1) is 17.7 Å². The number of hydrogen-bond donors (Lipinski definition) is 0. The first-order chi connectivity index (χ1) is 9.09. The molecule has 1 heterocycles. The third-order valence-corrected chi connectivity index (χ3v) is 3.36. The summed E-state index contributed by atoms with van der Waals surface area (Å²) in [5.41, 5.74) is 3.75. The van der Waals surface area contributed by atoms with Gasteiger partial charge in [-0.3, -0.25) is 0 Å². The molecule has 0 aliphatic heterocycles. The fourth-order valence-electron chi connectivity index (χ4n) is 2.09. The van der Waals surface area contributed by atoms with Gasteiger partial charge in [-0.15, -0.1) is 0 Å². The van der Waals surface area contributed by atoms with Gasteiger partial charge in [0.1, 0.15) is 5.75 Å². The molecule has 0 amide bonds. The van der Waals surface area contributed by atoms with E-state index in [1.54, 1.807) is 6.20 Å². The number of nitrogens with zero attached hydrogens (tertiary/aromatic N) is 1. The summed E-state index contributed by atoms with van der Waals surface area (Å²) >= 11 is 0. The molecule has 0 aliphatic carbocycles. The Morgan fingerprint density at radius 3 is 2.47 bits per heavy atom. The van der Waals surface area contributed by atoms with E-state index >= 15 is 0 Å². The Hall–Kier alpha value is -2.03. The first-order valence-corrected chi connectivity index (χ1v) is 6.46. The van der Waals surface area contributed by atoms with E-state index in [1.165, 1.54) is 5.56 Å². The average molecular weight is 257 g/mol. The van der Waals surface area contributed by atoms with Crippen LogP contribution < -0.4 is 9.47 Å². The summed E-state index contributed by atoms with van der Waals surface area (Å²) in [5, 5.41) is 11.6. The Bertz CT molecular complexity index is 565.